The van der Waals surface area contributed by atoms with Crippen molar-refractivity contribution in [3.05, 3.63) is 0 Å². The van der Waals surface area contributed by atoms with Crippen molar-refractivity contribution in [1.29, 1.82) is 5.26 Å². The molecule has 0 saturated heterocycles. The van der Waals surface area contributed by atoms with Crippen LogP contribution in [-0.4, -0.2) is 27.8 Å². The summed E-state index contributed by atoms with van der Waals surface area (Å²) >= 11 is 6.14. The average Bonchev–Trinajstić information content (AvgIpc) is 1.98. The number of halogens is 1. The molecule has 1 N–H and O–H groups in total. The number of nitrogens with zero attached hydrogens (tertiary/aromatic N) is 2. The second-order valence-electron chi connectivity index (χ2n) is 3.97. The standard InChI is InChI=1S/C9H20ClN2OP/c1-8(2)12(9(3)4)14(10,13)7-5-6-11/h8-9,13-14H,5,7H2,1-4H3. The van der Waals surface area contributed by atoms with Gasteiger partial charge in [0.05, 0.1) is 0 Å². The SMILES string of the molecule is CC(C)N(C(C)C)[PH](O)(Cl)CCC#N. The van der Waals surface area contributed by atoms with Gasteiger partial charge in [-0.15, -0.1) is 0 Å². The molecule has 3 nitrogen and oxygen atoms in total. The van der Waals surface area contributed by atoms with Crippen LogP contribution in [-0.2, 0) is 0 Å². The molecule has 84 valence electrons. The Morgan fingerprint density at radius 2 is 1.79 bits per heavy atom. The van der Waals surface area contributed by atoms with Gasteiger partial charge in [-0.05, 0) is 0 Å². The summed E-state index contributed by atoms with van der Waals surface area (Å²) in [5.41, 5.74) is 0. The maximum absolute atomic E-state index is 10.1. The van der Waals surface area contributed by atoms with Gasteiger partial charge in [-0.2, -0.15) is 0 Å². The Balaban J connectivity index is 4.55. The molecule has 0 aromatic heterocycles. The predicted molar refractivity (Wildman–Crippen MR) is 63.6 cm³/mol. The molecule has 5 heteroatoms. The maximum atomic E-state index is 10.1. The van der Waals surface area contributed by atoms with E-state index >= 15 is 0 Å². The van der Waals surface area contributed by atoms with E-state index in [1.54, 1.807) is 0 Å². The Labute approximate surface area is 91.9 Å². The van der Waals surface area contributed by atoms with E-state index in [0.29, 0.717) is 12.6 Å². The van der Waals surface area contributed by atoms with Crippen LogP contribution in [0.1, 0.15) is 34.1 Å². The van der Waals surface area contributed by atoms with Crippen LogP contribution in [0.25, 0.3) is 0 Å². The summed E-state index contributed by atoms with van der Waals surface area (Å²) in [5, 5.41) is 8.47. The number of hydrogen-bond donors (Lipinski definition) is 1. The van der Waals surface area contributed by atoms with E-state index in [1.165, 1.54) is 0 Å². The van der Waals surface area contributed by atoms with E-state index in [4.69, 9.17) is 16.5 Å². The van der Waals surface area contributed by atoms with Crippen molar-refractivity contribution in [2.24, 2.45) is 0 Å². The number of hydrogen-bond acceptors (Lipinski definition) is 3. The summed E-state index contributed by atoms with van der Waals surface area (Å²) in [6, 6.07) is 2.44. The Morgan fingerprint density at radius 1 is 1.36 bits per heavy atom. The first-order valence-electron chi connectivity index (χ1n) is 4.89. The molecular formula is C9H20ClN2OP. The third kappa shape index (κ3) is 4.11. The van der Waals surface area contributed by atoms with Gasteiger partial charge in [0.15, 0.2) is 0 Å². The first-order chi connectivity index (χ1) is 6.33. The molecule has 0 bridgehead atoms. The van der Waals surface area contributed by atoms with E-state index in [0.717, 1.165) is 0 Å². The van der Waals surface area contributed by atoms with Gasteiger partial charge in [0, 0.05) is 0 Å². The van der Waals surface area contributed by atoms with E-state index < -0.39 is 6.99 Å². The number of nitriles is 1. The van der Waals surface area contributed by atoms with Gasteiger partial charge >= 0.3 is 91.5 Å². The zero-order valence-corrected chi connectivity index (χ0v) is 11.0. The summed E-state index contributed by atoms with van der Waals surface area (Å²) in [5.74, 6) is 0. The Kier molecular flexibility index (Phi) is 5.93. The monoisotopic (exact) mass is 238 g/mol. The zero-order valence-electron chi connectivity index (χ0n) is 9.29. The fourth-order valence-corrected chi connectivity index (χ4v) is 5.46. The molecule has 0 heterocycles. The fraction of sp³-hybridized carbons (Fsp3) is 0.889. The van der Waals surface area contributed by atoms with E-state index in [2.05, 4.69) is 0 Å². The first kappa shape index (κ1) is 14.1. The zero-order chi connectivity index (χ0) is 11.4. The van der Waals surface area contributed by atoms with Gasteiger partial charge in [-0.25, -0.2) is 0 Å². The molecule has 0 saturated carbocycles. The van der Waals surface area contributed by atoms with Gasteiger partial charge in [0.1, 0.15) is 0 Å². The Hall–Kier alpha value is 0.130. The second-order valence-corrected chi connectivity index (χ2v) is 8.24. The van der Waals surface area contributed by atoms with Crippen molar-refractivity contribution in [1.82, 2.24) is 4.67 Å². The summed E-state index contributed by atoms with van der Waals surface area (Å²) in [6.07, 6.45) is 0.726. The van der Waals surface area contributed by atoms with Crippen LogP contribution in [0.4, 0.5) is 0 Å². The van der Waals surface area contributed by atoms with Crippen molar-refractivity contribution in [3.63, 3.8) is 0 Å². The third-order valence-electron chi connectivity index (χ3n) is 2.06. The molecule has 0 aromatic carbocycles. The molecule has 0 aromatic rings. The topological polar surface area (TPSA) is 47.3 Å². The average molecular weight is 239 g/mol. The molecule has 0 atom stereocenters. The quantitative estimate of drug-likeness (QED) is 0.750. The minimum absolute atomic E-state index is 0.211. The normalized spacial score (nSPS) is 13.7. The van der Waals surface area contributed by atoms with E-state index in [9.17, 15) is 4.89 Å². The fourth-order valence-electron chi connectivity index (χ4n) is 1.73. The minimum atomic E-state index is -2.90. The van der Waals surface area contributed by atoms with E-state index in [1.807, 2.05) is 38.4 Å². The molecule has 0 fully saturated rings. The van der Waals surface area contributed by atoms with Crippen molar-refractivity contribution in [3.8, 4) is 6.07 Å². The van der Waals surface area contributed by atoms with E-state index in [-0.39, 0.29) is 12.1 Å². The predicted octanol–water partition coefficient (Wildman–Crippen LogP) is 2.74. The van der Waals surface area contributed by atoms with Crippen LogP contribution in [0.2, 0.25) is 0 Å². The van der Waals surface area contributed by atoms with Crippen molar-refractivity contribution < 1.29 is 4.89 Å². The van der Waals surface area contributed by atoms with Crippen molar-refractivity contribution in [2.75, 3.05) is 6.16 Å². The Bertz CT molecular complexity index is 205. The van der Waals surface area contributed by atoms with Crippen LogP contribution in [0.5, 0.6) is 0 Å². The molecule has 0 aliphatic heterocycles. The van der Waals surface area contributed by atoms with Crippen molar-refractivity contribution in [2.45, 2.75) is 46.2 Å². The Morgan fingerprint density at radius 3 is 2.07 bits per heavy atom. The molecule has 0 aliphatic carbocycles. The molecule has 14 heavy (non-hydrogen) atoms. The summed E-state index contributed by atoms with van der Waals surface area (Å²) in [7, 11) is 0. The first-order valence-corrected chi connectivity index (χ1v) is 8.01. The molecule has 0 radical (unpaired) electrons. The molecule has 0 aliphatic rings. The summed E-state index contributed by atoms with van der Waals surface area (Å²) in [4.78, 5) is 10.1. The second kappa shape index (κ2) is 5.88. The third-order valence-corrected chi connectivity index (χ3v) is 5.93. The van der Waals surface area contributed by atoms with Crippen LogP contribution in [0.3, 0.4) is 0 Å². The summed E-state index contributed by atoms with van der Waals surface area (Å²) < 4.78 is 1.94. The number of rotatable bonds is 5. The van der Waals surface area contributed by atoms with Gasteiger partial charge in [0.2, 0.25) is 0 Å². The van der Waals surface area contributed by atoms with Gasteiger partial charge in [-0.3, -0.25) is 0 Å². The van der Waals surface area contributed by atoms with Crippen molar-refractivity contribution >= 4 is 18.2 Å². The molecular weight excluding hydrogens is 219 g/mol. The van der Waals surface area contributed by atoms with Crippen LogP contribution in [0, 0.1) is 11.3 Å². The van der Waals surface area contributed by atoms with Crippen LogP contribution >= 0.6 is 18.2 Å². The van der Waals surface area contributed by atoms with Gasteiger partial charge in [0.25, 0.3) is 0 Å². The summed E-state index contributed by atoms with van der Waals surface area (Å²) in [6.45, 7) is 5.13. The molecule has 0 amide bonds. The molecule has 0 rings (SSSR count). The van der Waals surface area contributed by atoms with Crippen LogP contribution in [0.15, 0.2) is 0 Å². The van der Waals surface area contributed by atoms with Gasteiger partial charge in [-0.1, -0.05) is 0 Å². The van der Waals surface area contributed by atoms with Crippen LogP contribution < -0.4 is 0 Å². The van der Waals surface area contributed by atoms with Gasteiger partial charge < -0.3 is 0 Å². The molecule has 0 spiro atoms. The molecule has 0 unspecified atom stereocenters.